The third kappa shape index (κ3) is 4.95. The Labute approximate surface area is 203 Å². The van der Waals surface area contributed by atoms with E-state index in [0.29, 0.717) is 21.7 Å². The number of nitro groups is 1. The maximum Gasteiger partial charge on any atom is 0.294 e. The molecular formula is C24H19ClN4O4S. The van der Waals surface area contributed by atoms with Gasteiger partial charge in [0.25, 0.3) is 11.2 Å². The summed E-state index contributed by atoms with van der Waals surface area (Å²) in [5, 5.41) is 14.8. The first-order valence-electron chi connectivity index (χ1n) is 10.3. The topological polar surface area (TPSA) is 107 Å². The second-order valence-electron chi connectivity index (χ2n) is 7.33. The Balaban J connectivity index is 1.66. The number of aromatic nitrogens is 2. The van der Waals surface area contributed by atoms with Crippen LogP contribution in [0.1, 0.15) is 12.5 Å². The van der Waals surface area contributed by atoms with Gasteiger partial charge in [-0.3, -0.25) is 24.3 Å². The lowest BCUT2D eigenvalue weighted by atomic mass is 10.1. The van der Waals surface area contributed by atoms with Gasteiger partial charge in [-0.2, -0.15) is 0 Å². The van der Waals surface area contributed by atoms with Crippen molar-refractivity contribution in [1.29, 1.82) is 0 Å². The van der Waals surface area contributed by atoms with Crippen LogP contribution in [0.25, 0.3) is 16.6 Å². The van der Waals surface area contributed by atoms with Gasteiger partial charge in [0, 0.05) is 11.1 Å². The molecule has 0 radical (unpaired) electrons. The molecule has 4 rings (SSSR count). The highest BCUT2D eigenvalue weighted by Gasteiger charge is 2.18. The minimum absolute atomic E-state index is 0.0408. The van der Waals surface area contributed by atoms with Gasteiger partial charge in [0.15, 0.2) is 5.16 Å². The van der Waals surface area contributed by atoms with Crippen molar-refractivity contribution < 1.29 is 9.72 Å². The summed E-state index contributed by atoms with van der Waals surface area (Å²) in [6.45, 7) is 2.05. The van der Waals surface area contributed by atoms with Crippen LogP contribution in [0.4, 0.5) is 11.4 Å². The number of para-hydroxylation sites is 1. The molecule has 4 aromatic rings. The molecule has 0 spiro atoms. The molecule has 0 saturated heterocycles. The fourth-order valence-corrected chi connectivity index (χ4v) is 4.37. The second kappa shape index (κ2) is 10.1. The minimum atomic E-state index is -0.614. The lowest BCUT2D eigenvalue weighted by molar-refractivity contribution is -0.383. The third-order valence-corrected chi connectivity index (χ3v) is 6.28. The van der Waals surface area contributed by atoms with Gasteiger partial charge in [0.2, 0.25) is 5.91 Å². The van der Waals surface area contributed by atoms with Gasteiger partial charge in [-0.25, -0.2) is 4.98 Å². The molecule has 0 aliphatic rings. The van der Waals surface area contributed by atoms with Gasteiger partial charge in [-0.05, 0) is 48.4 Å². The number of anilines is 1. The van der Waals surface area contributed by atoms with Crippen molar-refractivity contribution >= 4 is 51.5 Å². The Kier molecular flexibility index (Phi) is 6.95. The molecule has 172 valence electrons. The second-order valence-corrected chi connectivity index (χ2v) is 8.71. The summed E-state index contributed by atoms with van der Waals surface area (Å²) in [6.07, 6.45) is 0.865. The highest BCUT2D eigenvalue weighted by atomic mass is 35.5. The Hall–Kier alpha value is -3.69. The number of carbonyl (C=O) groups is 1. The fraction of sp³-hybridized carbons (Fsp3) is 0.125. The SMILES string of the molecule is CCc1ccc(-n2c(SCC(=O)Nc3ccc(Cl)cc3[N+](=O)[O-])nc3ccccc3c2=O)cc1. The number of nitrogens with one attached hydrogen (secondary N) is 1. The van der Waals surface area contributed by atoms with E-state index in [2.05, 4.69) is 10.3 Å². The quantitative estimate of drug-likeness (QED) is 0.163. The van der Waals surface area contributed by atoms with Gasteiger partial charge in [-0.15, -0.1) is 0 Å². The molecule has 0 saturated carbocycles. The number of carbonyl (C=O) groups excluding carboxylic acids is 1. The zero-order valence-corrected chi connectivity index (χ0v) is 19.6. The monoisotopic (exact) mass is 494 g/mol. The molecule has 10 heteroatoms. The molecule has 1 heterocycles. The van der Waals surface area contributed by atoms with Crippen LogP contribution in [0.15, 0.2) is 76.7 Å². The number of hydrogen-bond donors (Lipinski definition) is 1. The van der Waals surface area contributed by atoms with E-state index >= 15 is 0 Å². The Morgan fingerprint density at radius 1 is 1.15 bits per heavy atom. The Morgan fingerprint density at radius 2 is 1.88 bits per heavy atom. The molecule has 8 nitrogen and oxygen atoms in total. The molecule has 3 aromatic carbocycles. The predicted octanol–water partition coefficient (Wildman–Crippen LogP) is 5.24. The molecule has 0 unspecified atom stereocenters. The van der Waals surface area contributed by atoms with Crippen LogP contribution in [0.3, 0.4) is 0 Å². The third-order valence-electron chi connectivity index (χ3n) is 5.11. The first-order valence-corrected chi connectivity index (χ1v) is 11.7. The molecule has 34 heavy (non-hydrogen) atoms. The summed E-state index contributed by atoms with van der Waals surface area (Å²) in [7, 11) is 0. The van der Waals surface area contributed by atoms with Gasteiger partial charge in [0.05, 0.1) is 27.3 Å². The predicted molar refractivity (Wildman–Crippen MR) is 134 cm³/mol. The number of thioether (sulfide) groups is 1. The van der Waals surface area contributed by atoms with Crippen molar-refractivity contribution in [3.05, 3.63) is 97.8 Å². The first kappa shape index (κ1) is 23.5. The van der Waals surface area contributed by atoms with Crippen LogP contribution in [0.5, 0.6) is 0 Å². The van der Waals surface area contributed by atoms with Crippen molar-refractivity contribution in [1.82, 2.24) is 9.55 Å². The van der Waals surface area contributed by atoms with Crippen LogP contribution in [0.2, 0.25) is 5.02 Å². The number of hydrogen-bond acceptors (Lipinski definition) is 6. The van der Waals surface area contributed by atoms with Crippen LogP contribution in [-0.2, 0) is 11.2 Å². The molecule has 1 amide bonds. The lowest BCUT2D eigenvalue weighted by Crippen LogP contribution is -2.23. The standard InChI is InChI=1S/C24H19ClN4O4S/c1-2-15-7-10-17(11-8-15)28-23(31)18-5-3-4-6-19(18)27-24(28)34-14-22(30)26-20-12-9-16(25)13-21(20)29(32)33/h3-13H,2,14H2,1H3,(H,26,30). The fourth-order valence-electron chi connectivity index (χ4n) is 3.40. The van der Waals surface area contributed by atoms with Gasteiger partial charge >= 0.3 is 0 Å². The van der Waals surface area contributed by atoms with Crippen molar-refractivity contribution in [2.75, 3.05) is 11.1 Å². The zero-order chi connectivity index (χ0) is 24.2. The molecule has 0 aliphatic carbocycles. The summed E-state index contributed by atoms with van der Waals surface area (Å²) in [6, 6.07) is 18.6. The molecule has 0 atom stereocenters. The number of nitrogens with zero attached hydrogens (tertiary/aromatic N) is 3. The van der Waals surface area contributed by atoms with Crippen LogP contribution >= 0.6 is 23.4 Å². The van der Waals surface area contributed by atoms with E-state index in [9.17, 15) is 19.7 Å². The number of aryl methyl sites for hydroxylation is 1. The number of nitro benzene ring substituents is 1. The maximum absolute atomic E-state index is 13.3. The van der Waals surface area contributed by atoms with E-state index < -0.39 is 10.8 Å². The number of benzene rings is 3. The summed E-state index contributed by atoms with van der Waals surface area (Å²) in [5.74, 6) is -0.594. The minimum Gasteiger partial charge on any atom is -0.320 e. The number of halogens is 1. The number of fused-ring (bicyclic) bond motifs is 1. The van der Waals surface area contributed by atoms with Crippen LogP contribution in [0, 0.1) is 10.1 Å². The van der Waals surface area contributed by atoms with E-state index in [1.54, 1.807) is 24.3 Å². The average Bonchev–Trinajstić information content (AvgIpc) is 2.84. The molecule has 1 aromatic heterocycles. The van der Waals surface area contributed by atoms with E-state index in [-0.39, 0.29) is 27.7 Å². The van der Waals surface area contributed by atoms with Crippen LogP contribution < -0.4 is 10.9 Å². The number of amides is 1. The smallest absolute Gasteiger partial charge is 0.294 e. The van der Waals surface area contributed by atoms with E-state index in [1.165, 1.54) is 22.8 Å². The van der Waals surface area contributed by atoms with E-state index in [0.717, 1.165) is 23.7 Å². The average molecular weight is 495 g/mol. The number of rotatable bonds is 7. The van der Waals surface area contributed by atoms with Crippen molar-refractivity contribution in [2.45, 2.75) is 18.5 Å². The maximum atomic E-state index is 13.3. The van der Waals surface area contributed by atoms with Gasteiger partial charge < -0.3 is 5.32 Å². The van der Waals surface area contributed by atoms with Crippen molar-refractivity contribution in [3.8, 4) is 5.69 Å². The summed E-state index contributed by atoms with van der Waals surface area (Å²) < 4.78 is 1.48. The summed E-state index contributed by atoms with van der Waals surface area (Å²) in [4.78, 5) is 41.2. The van der Waals surface area contributed by atoms with E-state index in [1.807, 2.05) is 31.2 Å². The van der Waals surface area contributed by atoms with E-state index in [4.69, 9.17) is 11.6 Å². The lowest BCUT2D eigenvalue weighted by Gasteiger charge is -2.14. The molecule has 0 fully saturated rings. The molecule has 0 bridgehead atoms. The highest BCUT2D eigenvalue weighted by molar-refractivity contribution is 7.99. The van der Waals surface area contributed by atoms with Crippen LogP contribution in [-0.4, -0.2) is 26.1 Å². The Morgan fingerprint density at radius 3 is 2.59 bits per heavy atom. The highest BCUT2D eigenvalue weighted by Crippen LogP contribution is 2.28. The molecule has 1 N–H and O–H groups in total. The van der Waals surface area contributed by atoms with Crippen molar-refractivity contribution in [2.24, 2.45) is 0 Å². The van der Waals surface area contributed by atoms with Crippen molar-refractivity contribution in [3.63, 3.8) is 0 Å². The molecule has 0 aliphatic heterocycles. The summed E-state index contributed by atoms with van der Waals surface area (Å²) in [5.41, 5.74) is 1.78. The van der Waals surface area contributed by atoms with Gasteiger partial charge in [0.1, 0.15) is 5.69 Å². The normalized spacial score (nSPS) is 10.9. The van der Waals surface area contributed by atoms with Gasteiger partial charge in [-0.1, -0.05) is 54.6 Å². The zero-order valence-electron chi connectivity index (χ0n) is 18.0. The largest absolute Gasteiger partial charge is 0.320 e. The summed E-state index contributed by atoms with van der Waals surface area (Å²) >= 11 is 6.90. The first-order chi connectivity index (χ1) is 16.4. The molecular weight excluding hydrogens is 476 g/mol. The Bertz CT molecular complexity index is 1450.